The van der Waals surface area contributed by atoms with Crippen molar-refractivity contribution in [3.63, 3.8) is 0 Å². The predicted octanol–water partition coefficient (Wildman–Crippen LogP) is 2.44. The molecule has 0 aliphatic rings. The molecule has 0 saturated carbocycles. The zero-order valence-corrected chi connectivity index (χ0v) is 10.5. The van der Waals surface area contributed by atoms with Gasteiger partial charge in [0.2, 0.25) is 0 Å². The van der Waals surface area contributed by atoms with Gasteiger partial charge >= 0.3 is 0 Å². The second-order valence-electron chi connectivity index (χ2n) is 3.65. The van der Waals surface area contributed by atoms with E-state index >= 15 is 0 Å². The Hall–Kier alpha value is -1.07. The lowest BCUT2D eigenvalue weighted by atomic mass is 10.1. The van der Waals surface area contributed by atoms with Gasteiger partial charge in [0, 0.05) is 25.9 Å². The molecule has 2 aromatic heterocycles. The zero-order valence-electron chi connectivity index (χ0n) is 8.93. The monoisotopic (exact) mass is 284 g/mol. The number of aliphatic hydroxyl groups is 1. The molecule has 0 aromatic carbocycles. The smallest absolute Gasteiger partial charge is 0.169 e. The zero-order chi connectivity index (χ0) is 11.5. The molecule has 1 unspecified atom stereocenters. The van der Waals surface area contributed by atoms with Crippen molar-refractivity contribution in [2.24, 2.45) is 7.05 Å². The summed E-state index contributed by atoms with van der Waals surface area (Å²) in [6.07, 6.45) is 4.40. The highest BCUT2D eigenvalue weighted by molar-refractivity contribution is 9.10. The molecule has 4 nitrogen and oxygen atoms in total. The first-order valence-electron chi connectivity index (χ1n) is 5.06. The van der Waals surface area contributed by atoms with Crippen molar-refractivity contribution in [3.05, 3.63) is 40.8 Å². The van der Waals surface area contributed by atoms with E-state index in [9.17, 15) is 5.11 Å². The van der Waals surface area contributed by atoms with Crippen LogP contribution in [0.5, 0.6) is 0 Å². The highest BCUT2D eigenvalue weighted by Crippen LogP contribution is 2.23. The summed E-state index contributed by atoms with van der Waals surface area (Å²) in [5, 5.41) is 9.87. The normalized spacial score (nSPS) is 12.9. The SMILES string of the molecule is Cn1ccnc1CCC(O)c1ccc(Br)o1. The quantitative estimate of drug-likeness (QED) is 0.938. The van der Waals surface area contributed by atoms with Crippen LogP contribution in [0.3, 0.4) is 0 Å². The Morgan fingerprint density at radius 2 is 2.38 bits per heavy atom. The highest BCUT2D eigenvalue weighted by atomic mass is 79.9. The summed E-state index contributed by atoms with van der Waals surface area (Å²) in [6, 6.07) is 3.55. The number of halogens is 1. The molecule has 2 aromatic rings. The molecule has 2 rings (SSSR count). The molecule has 86 valence electrons. The van der Waals surface area contributed by atoms with Crippen molar-refractivity contribution >= 4 is 15.9 Å². The van der Waals surface area contributed by atoms with Crippen LogP contribution in [0.25, 0.3) is 0 Å². The van der Waals surface area contributed by atoms with Gasteiger partial charge in [0.05, 0.1) is 0 Å². The van der Waals surface area contributed by atoms with Gasteiger partial charge in [0.15, 0.2) is 4.67 Å². The minimum absolute atomic E-state index is 0.581. The van der Waals surface area contributed by atoms with Gasteiger partial charge in [-0.05, 0) is 34.5 Å². The van der Waals surface area contributed by atoms with Gasteiger partial charge in [0.25, 0.3) is 0 Å². The molecule has 1 N–H and O–H groups in total. The maximum Gasteiger partial charge on any atom is 0.169 e. The van der Waals surface area contributed by atoms with Crippen molar-refractivity contribution in [2.75, 3.05) is 0 Å². The molecular weight excluding hydrogens is 272 g/mol. The van der Waals surface area contributed by atoms with Gasteiger partial charge < -0.3 is 14.1 Å². The van der Waals surface area contributed by atoms with Gasteiger partial charge in [-0.3, -0.25) is 0 Å². The molecule has 0 spiro atoms. The Kier molecular flexibility index (Phi) is 3.46. The first-order valence-corrected chi connectivity index (χ1v) is 5.85. The summed E-state index contributed by atoms with van der Waals surface area (Å²) in [5.74, 6) is 1.55. The number of furan rings is 1. The van der Waals surface area contributed by atoms with E-state index in [1.54, 1.807) is 18.3 Å². The van der Waals surface area contributed by atoms with E-state index in [1.807, 2.05) is 17.8 Å². The lowest BCUT2D eigenvalue weighted by Gasteiger charge is -2.07. The van der Waals surface area contributed by atoms with E-state index in [1.165, 1.54) is 0 Å². The predicted molar refractivity (Wildman–Crippen MR) is 62.9 cm³/mol. The Morgan fingerprint density at radius 3 is 2.94 bits per heavy atom. The van der Waals surface area contributed by atoms with Gasteiger partial charge in [-0.15, -0.1) is 0 Å². The van der Waals surface area contributed by atoms with Crippen LogP contribution in [0.15, 0.2) is 33.6 Å². The Labute approximate surface area is 102 Å². The fourth-order valence-corrected chi connectivity index (χ4v) is 1.87. The number of aryl methyl sites for hydroxylation is 2. The Morgan fingerprint density at radius 1 is 1.56 bits per heavy atom. The van der Waals surface area contributed by atoms with E-state index in [0.717, 1.165) is 12.2 Å². The number of imidazole rings is 1. The van der Waals surface area contributed by atoms with Crippen LogP contribution < -0.4 is 0 Å². The molecule has 0 radical (unpaired) electrons. The van der Waals surface area contributed by atoms with Gasteiger partial charge in [-0.2, -0.15) is 0 Å². The van der Waals surface area contributed by atoms with E-state index in [2.05, 4.69) is 20.9 Å². The maximum absolute atomic E-state index is 9.87. The van der Waals surface area contributed by atoms with E-state index in [4.69, 9.17) is 4.42 Å². The lowest BCUT2D eigenvalue weighted by molar-refractivity contribution is 0.138. The summed E-state index contributed by atoms with van der Waals surface area (Å²) in [5.41, 5.74) is 0. The van der Waals surface area contributed by atoms with Crippen LogP contribution in [0.1, 0.15) is 24.1 Å². The molecule has 16 heavy (non-hydrogen) atoms. The summed E-state index contributed by atoms with van der Waals surface area (Å²) in [4.78, 5) is 4.20. The minimum Gasteiger partial charge on any atom is -0.452 e. The molecule has 2 heterocycles. The van der Waals surface area contributed by atoms with Crippen molar-refractivity contribution in [1.82, 2.24) is 9.55 Å². The number of nitrogens with zero attached hydrogens (tertiary/aromatic N) is 2. The Bertz CT molecular complexity index is 464. The molecular formula is C11H13BrN2O2. The lowest BCUT2D eigenvalue weighted by Crippen LogP contribution is -2.02. The second kappa shape index (κ2) is 4.84. The summed E-state index contributed by atoms with van der Waals surface area (Å²) in [6.45, 7) is 0. The molecule has 0 bridgehead atoms. The van der Waals surface area contributed by atoms with Crippen LogP contribution in [-0.2, 0) is 13.5 Å². The third-order valence-electron chi connectivity index (χ3n) is 2.48. The van der Waals surface area contributed by atoms with Gasteiger partial charge in [-0.1, -0.05) is 0 Å². The van der Waals surface area contributed by atoms with Gasteiger partial charge in [0.1, 0.15) is 17.7 Å². The Balaban J connectivity index is 1.93. The fourth-order valence-electron chi connectivity index (χ4n) is 1.55. The first-order chi connectivity index (χ1) is 7.66. The van der Waals surface area contributed by atoms with Crippen molar-refractivity contribution in [2.45, 2.75) is 18.9 Å². The molecule has 1 atom stereocenters. The molecule has 0 saturated heterocycles. The summed E-state index contributed by atoms with van der Waals surface area (Å²) < 4.78 is 7.87. The third-order valence-corrected chi connectivity index (χ3v) is 2.91. The van der Waals surface area contributed by atoms with Crippen LogP contribution in [0.4, 0.5) is 0 Å². The number of hydrogen-bond acceptors (Lipinski definition) is 3. The van der Waals surface area contributed by atoms with Crippen LogP contribution in [-0.4, -0.2) is 14.7 Å². The number of rotatable bonds is 4. The van der Waals surface area contributed by atoms with E-state index in [0.29, 0.717) is 16.9 Å². The number of aromatic nitrogens is 2. The standard InChI is InChI=1S/C11H13BrN2O2/c1-14-7-6-13-11(14)5-2-8(15)9-3-4-10(12)16-9/h3-4,6-8,15H,2,5H2,1H3. The number of aliphatic hydroxyl groups excluding tert-OH is 1. The number of hydrogen-bond donors (Lipinski definition) is 1. The van der Waals surface area contributed by atoms with Crippen LogP contribution >= 0.6 is 15.9 Å². The fraction of sp³-hybridized carbons (Fsp3) is 0.364. The molecule has 5 heteroatoms. The molecule has 0 aliphatic carbocycles. The summed E-state index contributed by atoms with van der Waals surface area (Å²) >= 11 is 3.21. The first kappa shape index (κ1) is 11.4. The average molecular weight is 285 g/mol. The maximum atomic E-state index is 9.87. The minimum atomic E-state index is -0.581. The van der Waals surface area contributed by atoms with Gasteiger partial charge in [-0.25, -0.2) is 4.98 Å². The molecule has 0 fully saturated rings. The topological polar surface area (TPSA) is 51.2 Å². The summed E-state index contributed by atoms with van der Waals surface area (Å²) in [7, 11) is 1.94. The van der Waals surface area contributed by atoms with Crippen molar-refractivity contribution in [3.8, 4) is 0 Å². The third kappa shape index (κ3) is 2.54. The largest absolute Gasteiger partial charge is 0.452 e. The molecule has 0 amide bonds. The highest BCUT2D eigenvalue weighted by Gasteiger charge is 2.12. The molecule has 0 aliphatic heterocycles. The van der Waals surface area contributed by atoms with Crippen molar-refractivity contribution in [1.29, 1.82) is 0 Å². The van der Waals surface area contributed by atoms with E-state index < -0.39 is 6.10 Å². The second-order valence-corrected chi connectivity index (χ2v) is 4.43. The van der Waals surface area contributed by atoms with Crippen molar-refractivity contribution < 1.29 is 9.52 Å². The van der Waals surface area contributed by atoms with Crippen LogP contribution in [0, 0.1) is 0 Å². The van der Waals surface area contributed by atoms with E-state index in [-0.39, 0.29) is 0 Å². The van der Waals surface area contributed by atoms with Crippen LogP contribution in [0.2, 0.25) is 0 Å². The average Bonchev–Trinajstić information content (AvgIpc) is 2.84.